The first-order valence-electron chi connectivity index (χ1n) is 5.97. The molecule has 9 heteroatoms. The summed E-state index contributed by atoms with van der Waals surface area (Å²) in [5.74, 6) is -0.591. The summed E-state index contributed by atoms with van der Waals surface area (Å²) in [5, 5.41) is 20.1. The Balaban J connectivity index is 2.40. The Hall–Kier alpha value is -2.32. The number of nitrogens with zero attached hydrogens (tertiary/aromatic N) is 1. The maximum atomic E-state index is 12.2. The maximum absolute atomic E-state index is 12.2. The smallest absolute Gasteiger partial charge is 0.291 e. The number of phenolic OH excluding ortho intramolecular Hbond substituents is 1. The van der Waals surface area contributed by atoms with Crippen LogP contribution in [0.5, 0.6) is 5.75 Å². The predicted molar refractivity (Wildman–Crippen MR) is 81.8 cm³/mol. The van der Waals surface area contributed by atoms with E-state index in [1.807, 2.05) is 6.92 Å². The fraction of sp³-hybridized carbons (Fsp3) is 0.0769. The second kappa shape index (κ2) is 5.82. The lowest BCUT2D eigenvalue weighted by molar-refractivity contribution is -0.384. The van der Waals surface area contributed by atoms with Crippen molar-refractivity contribution < 1.29 is 18.4 Å². The zero-order valence-electron chi connectivity index (χ0n) is 11.3. The summed E-state index contributed by atoms with van der Waals surface area (Å²) < 4.78 is 26.5. The number of nitro groups is 1. The summed E-state index contributed by atoms with van der Waals surface area (Å²) in [6, 6.07) is 7.83. The zero-order chi connectivity index (χ0) is 16.5. The highest BCUT2D eigenvalue weighted by atomic mass is 35.5. The normalized spacial score (nSPS) is 11.2. The first-order chi connectivity index (χ1) is 10.2. The largest absolute Gasteiger partial charge is 0.505 e. The molecule has 2 aromatic rings. The van der Waals surface area contributed by atoms with Gasteiger partial charge in [0, 0.05) is 0 Å². The van der Waals surface area contributed by atoms with Crippen molar-refractivity contribution in [1.29, 1.82) is 0 Å². The number of aryl methyl sites for hydroxylation is 1. The molecule has 0 amide bonds. The molecule has 2 N–H and O–H groups in total. The van der Waals surface area contributed by atoms with Gasteiger partial charge in [0.05, 0.1) is 21.6 Å². The molecule has 0 heterocycles. The molecule has 0 atom stereocenters. The molecule has 0 spiro atoms. The standard InChI is InChI=1S/C13H11ClN2O5S/c1-8-2-4-9(5-3-8)22(20,21)15-11-6-10(14)12(16(18)19)7-13(11)17/h2-7,15,17H,1H3. The molecule has 0 aliphatic carbocycles. The van der Waals surface area contributed by atoms with Crippen LogP contribution in [0.25, 0.3) is 0 Å². The fourth-order valence-electron chi connectivity index (χ4n) is 1.69. The predicted octanol–water partition coefficient (Wildman–Crippen LogP) is 3.06. The van der Waals surface area contributed by atoms with Crippen molar-refractivity contribution >= 4 is 33.0 Å². The second-order valence-electron chi connectivity index (χ2n) is 4.50. The monoisotopic (exact) mass is 342 g/mol. The lowest BCUT2D eigenvalue weighted by atomic mass is 10.2. The molecule has 22 heavy (non-hydrogen) atoms. The Morgan fingerprint density at radius 1 is 1.23 bits per heavy atom. The molecule has 2 aromatic carbocycles. The van der Waals surface area contributed by atoms with Crippen LogP contribution in [0, 0.1) is 17.0 Å². The van der Waals surface area contributed by atoms with Crippen molar-refractivity contribution in [3.63, 3.8) is 0 Å². The SMILES string of the molecule is Cc1ccc(S(=O)(=O)Nc2cc(Cl)c([N+](=O)[O-])cc2O)cc1. The summed E-state index contributed by atoms with van der Waals surface area (Å²) in [5.41, 5.74) is 0.133. The number of rotatable bonds is 4. The van der Waals surface area contributed by atoms with Crippen LogP contribution in [-0.4, -0.2) is 18.4 Å². The van der Waals surface area contributed by atoms with Crippen molar-refractivity contribution in [3.05, 3.63) is 57.1 Å². The van der Waals surface area contributed by atoms with Gasteiger partial charge >= 0.3 is 0 Å². The van der Waals surface area contributed by atoms with Crippen LogP contribution in [0.1, 0.15) is 5.56 Å². The van der Waals surface area contributed by atoms with E-state index in [-0.39, 0.29) is 15.6 Å². The number of halogens is 1. The fourth-order valence-corrected chi connectivity index (χ4v) is 2.99. The molecule has 2 rings (SSSR count). The topological polar surface area (TPSA) is 110 Å². The summed E-state index contributed by atoms with van der Waals surface area (Å²) in [6.45, 7) is 1.81. The highest BCUT2D eigenvalue weighted by Crippen LogP contribution is 2.36. The van der Waals surface area contributed by atoms with Crippen molar-refractivity contribution in [2.75, 3.05) is 4.72 Å². The van der Waals surface area contributed by atoms with Gasteiger partial charge in [-0.15, -0.1) is 0 Å². The number of phenols is 1. The minimum Gasteiger partial charge on any atom is -0.505 e. The molecule has 0 saturated heterocycles. The molecule has 0 saturated carbocycles. The Morgan fingerprint density at radius 2 is 1.82 bits per heavy atom. The van der Waals surface area contributed by atoms with Crippen LogP contribution in [0.4, 0.5) is 11.4 Å². The molecule has 116 valence electrons. The van der Waals surface area contributed by atoms with Gasteiger partial charge in [-0.25, -0.2) is 8.42 Å². The number of anilines is 1. The van der Waals surface area contributed by atoms with Crippen LogP contribution in [-0.2, 0) is 10.0 Å². The first kappa shape index (κ1) is 16.1. The Kier molecular flexibility index (Phi) is 4.25. The van der Waals surface area contributed by atoms with E-state index in [2.05, 4.69) is 4.72 Å². The number of nitro benzene ring substituents is 1. The van der Waals surface area contributed by atoms with Crippen molar-refractivity contribution in [2.45, 2.75) is 11.8 Å². The molecule has 0 aliphatic heterocycles. The second-order valence-corrected chi connectivity index (χ2v) is 6.59. The number of aromatic hydroxyl groups is 1. The van der Waals surface area contributed by atoms with Gasteiger partial charge in [0.1, 0.15) is 10.8 Å². The van der Waals surface area contributed by atoms with Gasteiger partial charge in [-0.3, -0.25) is 14.8 Å². The third-order valence-electron chi connectivity index (χ3n) is 2.84. The van der Waals surface area contributed by atoms with E-state index in [9.17, 15) is 23.6 Å². The zero-order valence-corrected chi connectivity index (χ0v) is 12.9. The van der Waals surface area contributed by atoms with Crippen LogP contribution in [0.2, 0.25) is 5.02 Å². The summed E-state index contributed by atoms with van der Waals surface area (Å²) in [4.78, 5) is 9.91. The molecule has 0 aliphatic rings. The lowest BCUT2D eigenvalue weighted by Gasteiger charge is -2.10. The quantitative estimate of drug-likeness (QED) is 0.504. The van der Waals surface area contributed by atoms with E-state index in [4.69, 9.17) is 11.6 Å². The highest BCUT2D eigenvalue weighted by Gasteiger charge is 2.21. The number of nitrogens with one attached hydrogen (secondary N) is 1. The molecule has 0 fully saturated rings. The Morgan fingerprint density at radius 3 is 2.36 bits per heavy atom. The minimum absolute atomic E-state index is 0.00743. The van der Waals surface area contributed by atoms with Gasteiger partial charge in [0.2, 0.25) is 0 Å². The van der Waals surface area contributed by atoms with E-state index in [1.54, 1.807) is 12.1 Å². The Bertz CT molecular complexity index is 834. The van der Waals surface area contributed by atoms with E-state index in [0.717, 1.165) is 17.7 Å². The molecule has 0 unspecified atom stereocenters. The molecule has 0 aromatic heterocycles. The van der Waals surface area contributed by atoms with Crippen LogP contribution >= 0.6 is 11.6 Å². The average molecular weight is 343 g/mol. The lowest BCUT2D eigenvalue weighted by Crippen LogP contribution is -2.13. The highest BCUT2D eigenvalue weighted by molar-refractivity contribution is 7.92. The molecule has 0 radical (unpaired) electrons. The third kappa shape index (κ3) is 3.29. The summed E-state index contributed by atoms with van der Waals surface area (Å²) in [6.07, 6.45) is 0. The van der Waals surface area contributed by atoms with Crippen molar-refractivity contribution in [3.8, 4) is 5.75 Å². The van der Waals surface area contributed by atoms with Gasteiger partial charge in [0.15, 0.2) is 0 Å². The minimum atomic E-state index is -3.94. The van der Waals surface area contributed by atoms with Crippen LogP contribution < -0.4 is 4.72 Å². The average Bonchev–Trinajstić information content (AvgIpc) is 2.42. The first-order valence-corrected chi connectivity index (χ1v) is 7.83. The summed E-state index contributed by atoms with van der Waals surface area (Å²) >= 11 is 5.70. The molecular weight excluding hydrogens is 332 g/mol. The number of hydrogen-bond donors (Lipinski definition) is 2. The van der Waals surface area contributed by atoms with Gasteiger partial charge in [-0.2, -0.15) is 0 Å². The number of hydrogen-bond acceptors (Lipinski definition) is 5. The van der Waals surface area contributed by atoms with E-state index in [1.165, 1.54) is 12.1 Å². The van der Waals surface area contributed by atoms with E-state index in [0.29, 0.717) is 0 Å². The number of benzene rings is 2. The Labute approximate surface area is 131 Å². The van der Waals surface area contributed by atoms with Gasteiger partial charge < -0.3 is 5.11 Å². The molecule has 0 bridgehead atoms. The van der Waals surface area contributed by atoms with Crippen molar-refractivity contribution in [2.24, 2.45) is 0 Å². The van der Waals surface area contributed by atoms with Crippen molar-refractivity contribution in [1.82, 2.24) is 0 Å². The molecular formula is C13H11ClN2O5S. The summed E-state index contributed by atoms with van der Waals surface area (Å²) in [7, 11) is -3.94. The van der Waals surface area contributed by atoms with E-state index < -0.39 is 26.4 Å². The van der Waals surface area contributed by atoms with Gasteiger partial charge in [-0.1, -0.05) is 29.3 Å². The van der Waals surface area contributed by atoms with Gasteiger partial charge in [-0.05, 0) is 25.1 Å². The molecule has 7 nitrogen and oxygen atoms in total. The third-order valence-corrected chi connectivity index (χ3v) is 4.52. The van der Waals surface area contributed by atoms with Crippen LogP contribution in [0.15, 0.2) is 41.3 Å². The van der Waals surface area contributed by atoms with Gasteiger partial charge in [0.25, 0.3) is 15.7 Å². The maximum Gasteiger partial charge on any atom is 0.291 e. The van der Waals surface area contributed by atoms with E-state index >= 15 is 0 Å². The van der Waals surface area contributed by atoms with Crippen LogP contribution in [0.3, 0.4) is 0 Å². The number of sulfonamides is 1.